The summed E-state index contributed by atoms with van der Waals surface area (Å²) in [7, 11) is 0. The van der Waals surface area contributed by atoms with Gasteiger partial charge in [-0.25, -0.2) is 0 Å². The number of hydroxylamine groups is 2. The highest BCUT2D eigenvalue weighted by Gasteiger charge is 1.73. The maximum Gasteiger partial charge on any atom is 0.0542 e. The van der Waals surface area contributed by atoms with Gasteiger partial charge in [-0.05, 0) is 6.42 Å². The summed E-state index contributed by atoms with van der Waals surface area (Å²) in [5.41, 5.74) is 0. The van der Waals surface area contributed by atoms with Crippen LogP contribution in [0.2, 0.25) is 0 Å². The summed E-state index contributed by atoms with van der Waals surface area (Å²) in [6, 6.07) is 0. The second-order valence-electron chi connectivity index (χ2n) is 1.11. The quantitative estimate of drug-likeness (QED) is 0.512. The van der Waals surface area contributed by atoms with E-state index < -0.39 is 0 Å². The van der Waals surface area contributed by atoms with Crippen LogP contribution in [0.3, 0.4) is 0 Å². The van der Waals surface area contributed by atoms with Crippen LogP contribution in [0, 0.1) is 0 Å². The molecule has 0 saturated carbocycles. The fourth-order valence-corrected chi connectivity index (χ4v) is 0.200. The third-order valence-electron chi connectivity index (χ3n) is 0.474. The third-order valence-corrected chi connectivity index (χ3v) is 0.474. The van der Waals surface area contributed by atoms with E-state index in [2.05, 4.69) is 0 Å². The van der Waals surface area contributed by atoms with Crippen molar-refractivity contribution in [2.45, 2.75) is 13.3 Å². The molecule has 0 atom stereocenters. The Kier molecular flexibility index (Phi) is 3.36. The van der Waals surface area contributed by atoms with E-state index in [1.165, 1.54) is 6.20 Å². The number of hydrogen-bond donors (Lipinski definition) is 2. The van der Waals surface area contributed by atoms with Crippen molar-refractivity contribution in [1.82, 2.24) is 5.23 Å². The van der Waals surface area contributed by atoms with Gasteiger partial charge >= 0.3 is 0 Å². The highest BCUT2D eigenvalue weighted by Crippen LogP contribution is 1.79. The first-order chi connectivity index (χ1) is 3.27. The van der Waals surface area contributed by atoms with E-state index >= 15 is 0 Å². The fourth-order valence-electron chi connectivity index (χ4n) is 0.200. The minimum atomic E-state index is 0.0312. The molecule has 0 radical (unpaired) electrons. The van der Waals surface area contributed by atoms with Crippen LogP contribution in [-0.2, 0) is 0 Å². The molecule has 0 fully saturated rings. The molecule has 7 heavy (non-hydrogen) atoms. The molecule has 0 aliphatic heterocycles. The van der Waals surface area contributed by atoms with Crippen molar-refractivity contribution in [3.8, 4) is 0 Å². The van der Waals surface area contributed by atoms with Gasteiger partial charge in [0.15, 0.2) is 0 Å². The average Bonchev–Trinajstić information content (AvgIpc) is 1.61. The monoisotopic (exact) mass is 103 g/mol. The predicted molar refractivity (Wildman–Crippen MR) is 24.8 cm³/mol. The zero-order chi connectivity index (χ0) is 5.70. The molecule has 0 saturated heterocycles. The molecule has 3 nitrogen and oxygen atoms in total. The molecule has 0 spiro atoms. The van der Waals surface area contributed by atoms with Crippen LogP contribution in [0.15, 0.2) is 12.3 Å². The molecule has 0 aliphatic rings. The molecule has 0 bridgehead atoms. The molecule has 0 heterocycles. The van der Waals surface area contributed by atoms with E-state index in [0.29, 0.717) is 0 Å². The van der Waals surface area contributed by atoms with Crippen LogP contribution in [0.5, 0.6) is 0 Å². The summed E-state index contributed by atoms with van der Waals surface area (Å²) in [6.07, 6.45) is 3.59. The van der Waals surface area contributed by atoms with E-state index in [1.54, 1.807) is 6.08 Å². The molecule has 0 aromatic carbocycles. The smallest absolute Gasteiger partial charge is 0.0542 e. The minimum absolute atomic E-state index is 0.0312. The normalized spacial score (nSPS) is 10.1. The first kappa shape index (κ1) is 6.46. The van der Waals surface area contributed by atoms with E-state index in [-0.39, 0.29) is 5.23 Å². The highest BCUT2D eigenvalue weighted by molar-refractivity contribution is 4.72. The number of hydrogen-bond acceptors (Lipinski definition) is 3. The maximum absolute atomic E-state index is 7.99. The van der Waals surface area contributed by atoms with Crippen LogP contribution in [0.4, 0.5) is 0 Å². The average molecular weight is 103 g/mol. The van der Waals surface area contributed by atoms with Crippen LogP contribution < -0.4 is 0 Å². The molecule has 3 heteroatoms. The Bertz CT molecular complexity index is 60.7. The number of allylic oxidation sites excluding steroid dienone is 1. The van der Waals surface area contributed by atoms with Crippen molar-refractivity contribution >= 4 is 0 Å². The van der Waals surface area contributed by atoms with Gasteiger partial charge in [0.05, 0.1) is 6.20 Å². The lowest BCUT2D eigenvalue weighted by Crippen LogP contribution is -2.02. The molecule has 0 rings (SSSR count). The van der Waals surface area contributed by atoms with Gasteiger partial charge in [0, 0.05) is 0 Å². The lowest BCUT2D eigenvalue weighted by Gasteiger charge is -1.95. The second kappa shape index (κ2) is 3.64. The summed E-state index contributed by atoms with van der Waals surface area (Å²) in [5.74, 6) is 0. The fraction of sp³-hybridized carbons (Fsp3) is 0.500. The molecule has 0 amide bonds. The largest absolute Gasteiger partial charge is 0.264 e. The van der Waals surface area contributed by atoms with Gasteiger partial charge in [-0.1, -0.05) is 13.0 Å². The predicted octanol–water partition coefficient (Wildman–Crippen LogP) is 0.990. The minimum Gasteiger partial charge on any atom is -0.264 e. The van der Waals surface area contributed by atoms with Crippen molar-refractivity contribution in [3.05, 3.63) is 12.3 Å². The molecular formula is C4H9NO2. The number of rotatable bonds is 2. The zero-order valence-electron chi connectivity index (χ0n) is 4.20. The van der Waals surface area contributed by atoms with Crippen molar-refractivity contribution in [2.24, 2.45) is 0 Å². The Morgan fingerprint density at radius 2 is 2.14 bits per heavy atom. The lowest BCUT2D eigenvalue weighted by atomic mass is 10.5. The van der Waals surface area contributed by atoms with Crippen molar-refractivity contribution in [3.63, 3.8) is 0 Å². The van der Waals surface area contributed by atoms with Crippen LogP contribution >= 0.6 is 0 Å². The first-order valence-corrected chi connectivity index (χ1v) is 2.11. The molecule has 0 aliphatic carbocycles. The molecule has 0 unspecified atom stereocenters. The Morgan fingerprint density at radius 3 is 2.29 bits per heavy atom. The Hall–Kier alpha value is -0.540. The van der Waals surface area contributed by atoms with Crippen molar-refractivity contribution in [2.75, 3.05) is 0 Å². The van der Waals surface area contributed by atoms with Gasteiger partial charge in [-0.2, -0.15) is 0 Å². The third kappa shape index (κ3) is 5.46. The van der Waals surface area contributed by atoms with Gasteiger partial charge in [0.2, 0.25) is 0 Å². The van der Waals surface area contributed by atoms with E-state index in [1.807, 2.05) is 6.92 Å². The molecule has 0 aromatic heterocycles. The Labute approximate surface area is 42.4 Å². The summed E-state index contributed by atoms with van der Waals surface area (Å²) in [6.45, 7) is 1.90. The molecule has 42 valence electrons. The summed E-state index contributed by atoms with van der Waals surface area (Å²) >= 11 is 0. The first-order valence-electron chi connectivity index (χ1n) is 2.11. The van der Waals surface area contributed by atoms with E-state index in [9.17, 15) is 0 Å². The summed E-state index contributed by atoms with van der Waals surface area (Å²) in [4.78, 5) is 0. The molecular weight excluding hydrogens is 94.0 g/mol. The standard InChI is InChI=1S/C4H9NO2/c1-2-3-4-5(6)7/h3-4,6-7H,2H2,1H3. The zero-order valence-corrected chi connectivity index (χ0v) is 4.20. The molecule has 2 N–H and O–H groups in total. The van der Waals surface area contributed by atoms with Gasteiger partial charge < -0.3 is 0 Å². The molecule has 0 aromatic rings. The Balaban J connectivity index is 3.08. The van der Waals surface area contributed by atoms with Gasteiger partial charge in [-0.15, -0.1) is 5.23 Å². The SMILES string of the molecule is CCC=CN(O)O. The highest BCUT2D eigenvalue weighted by atomic mass is 16.8. The van der Waals surface area contributed by atoms with Crippen molar-refractivity contribution in [1.29, 1.82) is 0 Å². The topological polar surface area (TPSA) is 43.7 Å². The van der Waals surface area contributed by atoms with E-state index in [4.69, 9.17) is 10.4 Å². The lowest BCUT2D eigenvalue weighted by molar-refractivity contribution is -0.267. The van der Waals surface area contributed by atoms with Gasteiger partial charge in [-0.3, -0.25) is 10.4 Å². The second-order valence-corrected chi connectivity index (χ2v) is 1.11. The van der Waals surface area contributed by atoms with E-state index in [0.717, 1.165) is 6.42 Å². The van der Waals surface area contributed by atoms with Crippen LogP contribution in [0.1, 0.15) is 13.3 Å². The van der Waals surface area contributed by atoms with Crippen molar-refractivity contribution < 1.29 is 10.4 Å². The maximum atomic E-state index is 7.99. The number of nitrogens with zero attached hydrogens (tertiary/aromatic N) is 1. The summed E-state index contributed by atoms with van der Waals surface area (Å²) in [5, 5.41) is 16.0. The summed E-state index contributed by atoms with van der Waals surface area (Å²) < 4.78 is 0. The van der Waals surface area contributed by atoms with Gasteiger partial charge in [0.25, 0.3) is 0 Å². The van der Waals surface area contributed by atoms with Gasteiger partial charge in [0.1, 0.15) is 0 Å². The Morgan fingerprint density at radius 1 is 1.57 bits per heavy atom. The van der Waals surface area contributed by atoms with Crippen LogP contribution in [0.25, 0.3) is 0 Å². The van der Waals surface area contributed by atoms with Crippen LogP contribution in [-0.4, -0.2) is 15.6 Å².